The van der Waals surface area contributed by atoms with Gasteiger partial charge in [-0.05, 0) is 28.9 Å². The Bertz CT molecular complexity index is 379. The second-order valence-corrected chi connectivity index (χ2v) is 3.94. The molecule has 0 aromatic heterocycles. The van der Waals surface area contributed by atoms with Gasteiger partial charge in [0.05, 0.1) is 0 Å². The van der Waals surface area contributed by atoms with Crippen LogP contribution in [0.5, 0.6) is 17.2 Å². The van der Waals surface area contributed by atoms with E-state index in [9.17, 15) is 5.11 Å². The van der Waals surface area contributed by atoms with Crippen LogP contribution in [0.2, 0.25) is 0 Å². The van der Waals surface area contributed by atoms with Crippen LogP contribution in [-0.4, -0.2) is 11.9 Å². The Morgan fingerprint density at radius 3 is 2.93 bits per heavy atom. The zero-order valence-electron chi connectivity index (χ0n) is 7.58. The fourth-order valence-electron chi connectivity index (χ4n) is 1.36. The average molecular weight is 260 g/mol. The summed E-state index contributed by atoms with van der Waals surface area (Å²) >= 11 is 3.24. The lowest BCUT2D eigenvalue weighted by Gasteiger charge is -2.11. The molecule has 0 amide bonds. The van der Waals surface area contributed by atoms with Crippen LogP contribution in [0.1, 0.15) is 18.5 Å². The molecule has 1 heterocycles. The molecule has 1 atom stereocenters. The number of halogens is 1. The van der Waals surface area contributed by atoms with Crippen molar-refractivity contribution in [3.63, 3.8) is 0 Å². The van der Waals surface area contributed by atoms with Crippen molar-refractivity contribution in [1.82, 2.24) is 0 Å². The monoisotopic (exact) mass is 259 g/mol. The summed E-state index contributed by atoms with van der Waals surface area (Å²) in [5.74, 6) is 1.26. The van der Waals surface area contributed by atoms with Crippen LogP contribution in [0.25, 0.3) is 0 Å². The quantitative estimate of drug-likeness (QED) is 0.809. The first kappa shape index (κ1) is 9.61. The Labute approximate surface area is 89.7 Å². The number of ether oxygens (including phenoxy) is 2. The molecule has 0 radical (unpaired) electrons. The molecule has 1 aromatic rings. The Morgan fingerprint density at radius 1 is 1.57 bits per heavy atom. The molecule has 0 spiro atoms. The first-order valence-electron chi connectivity index (χ1n) is 4.17. The van der Waals surface area contributed by atoms with Gasteiger partial charge in [0.1, 0.15) is 10.2 Å². The van der Waals surface area contributed by atoms with Crippen LogP contribution < -0.4 is 15.2 Å². The van der Waals surface area contributed by atoms with Crippen molar-refractivity contribution in [3.05, 3.63) is 16.1 Å². The second kappa shape index (κ2) is 3.33. The van der Waals surface area contributed by atoms with E-state index in [0.29, 0.717) is 21.5 Å². The highest BCUT2D eigenvalue weighted by atomic mass is 79.9. The summed E-state index contributed by atoms with van der Waals surface area (Å²) in [6.07, 6.45) is 0. The van der Waals surface area contributed by atoms with E-state index in [4.69, 9.17) is 15.2 Å². The standard InChI is InChI=1S/C9H10BrNO3/c1-4(11)5-2-6-9(14-3-13-6)7(10)8(5)12/h2,4,12H,3,11H2,1H3. The topological polar surface area (TPSA) is 64.7 Å². The predicted octanol–water partition coefficient (Wildman–Crippen LogP) is 1.90. The van der Waals surface area contributed by atoms with E-state index in [-0.39, 0.29) is 18.6 Å². The summed E-state index contributed by atoms with van der Waals surface area (Å²) in [5.41, 5.74) is 6.34. The van der Waals surface area contributed by atoms with Crippen molar-refractivity contribution < 1.29 is 14.6 Å². The largest absolute Gasteiger partial charge is 0.506 e. The molecule has 4 nitrogen and oxygen atoms in total. The lowest BCUT2D eigenvalue weighted by Crippen LogP contribution is -2.05. The van der Waals surface area contributed by atoms with Gasteiger partial charge in [-0.15, -0.1) is 0 Å². The number of phenols is 1. The number of phenolic OH excluding ortho intramolecular Hbond substituents is 1. The second-order valence-electron chi connectivity index (χ2n) is 3.15. The third kappa shape index (κ3) is 1.33. The average Bonchev–Trinajstić information content (AvgIpc) is 2.58. The molecule has 1 aliphatic rings. The van der Waals surface area contributed by atoms with E-state index in [1.165, 1.54) is 0 Å². The molecule has 0 aliphatic carbocycles. The van der Waals surface area contributed by atoms with E-state index in [0.717, 1.165) is 0 Å². The lowest BCUT2D eigenvalue weighted by atomic mass is 10.1. The van der Waals surface area contributed by atoms with Crippen molar-refractivity contribution in [2.45, 2.75) is 13.0 Å². The predicted molar refractivity (Wildman–Crippen MR) is 54.5 cm³/mol. The molecule has 14 heavy (non-hydrogen) atoms. The van der Waals surface area contributed by atoms with Crippen molar-refractivity contribution in [1.29, 1.82) is 0 Å². The lowest BCUT2D eigenvalue weighted by molar-refractivity contribution is 0.173. The van der Waals surface area contributed by atoms with Gasteiger partial charge in [0.25, 0.3) is 0 Å². The number of fused-ring (bicyclic) bond motifs is 1. The highest BCUT2D eigenvalue weighted by molar-refractivity contribution is 9.10. The molecule has 76 valence electrons. The summed E-state index contributed by atoms with van der Waals surface area (Å²) < 4.78 is 10.9. The van der Waals surface area contributed by atoms with Crippen LogP contribution >= 0.6 is 15.9 Å². The molecule has 2 rings (SSSR count). The first-order chi connectivity index (χ1) is 6.61. The maximum atomic E-state index is 9.77. The molecule has 0 saturated carbocycles. The minimum Gasteiger partial charge on any atom is -0.506 e. The van der Waals surface area contributed by atoms with E-state index >= 15 is 0 Å². The summed E-state index contributed by atoms with van der Waals surface area (Å²) in [7, 11) is 0. The third-order valence-electron chi connectivity index (χ3n) is 2.10. The fraction of sp³-hybridized carbons (Fsp3) is 0.333. The normalized spacial score (nSPS) is 15.6. The van der Waals surface area contributed by atoms with Gasteiger partial charge in [-0.3, -0.25) is 0 Å². The van der Waals surface area contributed by atoms with Crippen LogP contribution in [0.3, 0.4) is 0 Å². The van der Waals surface area contributed by atoms with Gasteiger partial charge in [-0.25, -0.2) is 0 Å². The molecular weight excluding hydrogens is 250 g/mol. The van der Waals surface area contributed by atoms with Gasteiger partial charge in [-0.1, -0.05) is 0 Å². The van der Waals surface area contributed by atoms with Crippen molar-refractivity contribution in [2.24, 2.45) is 5.73 Å². The number of hydrogen-bond acceptors (Lipinski definition) is 4. The van der Waals surface area contributed by atoms with Crippen molar-refractivity contribution in [2.75, 3.05) is 6.79 Å². The van der Waals surface area contributed by atoms with Gasteiger partial charge in [0.2, 0.25) is 6.79 Å². The molecule has 0 saturated heterocycles. The molecule has 0 bridgehead atoms. The van der Waals surface area contributed by atoms with Gasteiger partial charge in [0.15, 0.2) is 11.5 Å². The number of rotatable bonds is 1. The Balaban J connectivity index is 2.61. The van der Waals surface area contributed by atoms with Gasteiger partial charge in [-0.2, -0.15) is 0 Å². The number of benzene rings is 1. The molecular formula is C9H10BrNO3. The van der Waals surface area contributed by atoms with Gasteiger partial charge < -0.3 is 20.3 Å². The summed E-state index contributed by atoms with van der Waals surface area (Å²) in [6, 6.07) is 1.45. The summed E-state index contributed by atoms with van der Waals surface area (Å²) in [6.45, 7) is 1.97. The number of hydrogen-bond donors (Lipinski definition) is 2. The molecule has 1 aromatic carbocycles. The van der Waals surface area contributed by atoms with E-state index in [1.807, 2.05) is 0 Å². The van der Waals surface area contributed by atoms with Crippen LogP contribution in [-0.2, 0) is 0 Å². The highest BCUT2D eigenvalue weighted by Crippen LogP contribution is 2.47. The maximum absolute atomic E-state index is 9.77. The van der Waals surface area contributed by atoms with E-state index in [2.05, 4.69) is 15.9 Å². The Hall–Kier alpha value is -0.940. The van der Waals surface area contributed by atoms with Crippen LogP contribution in [0.4, 0.5) is 0 Å². The molecule has 3 N–H and O–H groups in total. The highest BCUT2D eigenvalue weighted by Gasteiger charge is 2.23. The Kier molecular flexibility index (Phi) is 2.28. The molecule has 1 aliphatic heterocycles. The Morgan fingerprint density at radius 2 is 2.29 bits per heavy atom. The maximum Gasteiger partial charge on any atom is 0.231 e. The van der Waals surface area contributed by atoms with E-state index in [1.54, 1.807) is 13.0 Å². The zero-order chi connectivity index (χ0) is 10.3. The van der Waals surface area contributed by atoms with Crippen LogP contribution in [0, 0.1) is 0 Å². The number of aromatic hydroxyl groups is 1. The third-order valence-corrected chi connectivity index (χ3v) is 2.84. The van der Waals surface area contributed by atoms with Crippen molar-refractivity contribution in [3.8, 4) is 17.2 Å². The van der Waals surface area contributed by atoms with Gasteiger partial charge in [0, 0.05) is 11.6 Å². The molecule has 5 heteroatoms. The minimum absolute atomic E-state index is 0.115. The van der Waals surface area contributed by atoms with Crippen LogP contribution in [0.15, 0.2) is 10.5 Å². The smallest absolute Gasteiger partial charge is 0.231 e. The van der Waals surface area contributed by atoms with Gasteiger partial charge >= 0.3 is 0 Å². The minimum atomic E-state index is -0.249. The first-order valence-corrected chi connectivity index (χ1v) is 4.97. The number of nitrogens with two attached hydrogens (primary N) is 1. The summed E-state index contributed by atoms with van der Waals surface area (Å²) in [5, 5.41) is 9.77. The molecule has 1 unspecified atom stereocenters. The van der Waals surface area contributed by atoms with E-state index < -0.39 is 0 Å². The van der Waals surface area contributed by atoms with Crippen molar-refractivity contribution >= 4 is 15.9 Å². The SMILES string of the molecule is CC(N)c1cc2c(c(Br)c1O)OCO2. The summed E-state index contributed by atoms with van der Waals surface area (Å²) in [4.78, 5) is 0. The fourth-order valence-corrected chi connectivity index (χ4v) is 1.90. The molecule has 0 fully saturated rings. The zero-order valence-corrected chi connectivity index (χ0v) is 9.17.